The van der Waals surface area contributed by atoms with Crippen LogP contribution in [0.5, 0.6) is 0 Å². The zero-order valence-electron chi connectivity index (χ0n) is 12.1. The Kier molecular flexibility index (Phi) is 5.86. The molecule has 1 aliphatic rings. The van der Waals surface area contributed by atoms with E-state index in [4.69, 9.17) is 0 Å². The third kappa shape index (κ3) is 3.76. The van der Waals surface area contributed by atoms with E-state index < -0.39 is 13.3 Å². The van der Waals surface area contributed by atoms with Crippen LogP contribution in [0.3, 0.4) is 0 Å². The van der Waals surface area contributed by atoms with Gasteiger partial charge in [-0.15, -0.1) is 0 Å². The Hall–Kier alpha value is 0.503. The molecule has 0 amide bonds. The third-order valence-electron chi connectivity index (χ3n) is 4.19. The van der Waals surface area contributed by atoms with Crippen LogP contribution in [0.1, 0.15) is 46.0 Å². The van der Waals surface area contributed by atoms with Gasteiger partial charge in [0.25, 0.3) is 0 Å². The zero-order chi connectivity index (χ0) is 12.2. The van der Waals surface area contributed by atoms with Crippen LogP contribution in [0.2, 0.25) is 17.3 Å². The predicted molar refractivity (Wildman–Crippen MR) is 76.6 cm³/mol. The average Bonchev–Trinajstić information content (AvgIpc) is 2.25. The van der Waals surface area contributed by atoms with Crippen molar-refractivity contribution in [3.8, 4) is 0 Å². The van der Waals surface area contributed by atoms with Crippen molar-refractivity contribution < 1.29 is 0 Å². The molecule has 1 unspecified atom stereocenters. The summed E-state index contributed by atoms with van der Waals surface area (Å²) in [6.07, 6.45) is 7.47. The first kappa shape index (κ1) is 14.6. The van der Waals surface area contributed by atoms with Gasteiger partial charge in [-0.1, -0.05) is 0 Å². The summed E-state index contributed by atoms with van der Waals surface area (Å²) >= 11 is -1.57. The summed E-state index contributed by atoms with van der Waals surface area (Å²) in [7, 11) is 0. The molecule has 1 rings (SSSR count). The second kappa shape index (κ2) is 6.44. The summed E-state index contributed by atoms with van der Waals surface area (Å²) in [4.78, 5) is 3.74. The molecule has 0 aromatic heterocycles. The molecule has 0 spiro atoms. The molecule has 16 heavy (non-hydrogen) atoms. The molecule has 1 nitrogen and oxygen atoms in total. The first-order valence-electron chi connectivity index (χ1n) is 7.24. The Morgan fingerprint density at radius 3 is 1.88 bits per heavy atom. The fraction of sp³-hybridized carbons (Fsp3) is 1.00. The van der Waals surface area contributed by atoms with Crippen LogP contribution in [0.4, 0.5) is 0 Å². The third-order valence-corrected chi connectivity index (χ3v) is 9.67. The summed E-state index contributed by atoms with van der Waals surface area (Å²) < 4.78 is 0. The van der Waals surface area contributed by atoms with E-state index in [1.165, 1.54) is 45.2 Å². The van der Waals surface area contributed by atoms with Crippen LogP contribution in [0.15, 0.2) is 0 Å². The summed E-state index contributed by atoms with van der Waals surface area (Å²) in [6, 6.07) is 0. The maximum atomic E-state index is 2.77. The Labute approximate surface area is 105 Å². The Balaban J connectivity index is 2.76. The van der Waals surface area contributed by atoms with Crippen LogP contribution >= 0.6 is 0 Å². The van der Waals surface area contributed by atoms with E-state index >= 15 is 0 Å². The van der Waals surface area contributed by atoms with Crippen molar-refractivity contribution in [2.45, 2.75) is 68.1 Å². The number of rotatable bonds is 5. The molecule has 0 aliphatic heterocycles. The van der Waals surface area contributed by atoms with E-state index in [0.29, 0.717) is 0 Å². The van der Waals surface area contributed by atoms with Gasteiger partial charge < -0.3 is 0 Å². The summed E-state index contributed by atoms with van der Waals surface area (Å²) in [6.45, 7) is 7.18. The molecule has 0 aromatic carbocycles. The summed E-state index contributed by atoms with van der Waals surface area (Å²) in [5.41, 5.74) is 0. The molecule has 0 saturated heterocycles. The van der Waals surface area contributed by atoms with E-state index in [2.05, 4.69) is 36.0 Å². The summed E-state index contributed by atoms with van der Waals surface area (Å²) in [5, 5.41) is 0. The van der Waals surface area contributed by atoms with E-state index in [1.54, 1.807) is 0 Å². The van der Waals surface area contributed by atoms with Crippen LogP contribution in [-0.2, 0) is 0 Å². The molecule has 2 heteroatoms. The number of nitrogens with zero attached hydrogens (tertiary/aromatic N) is 1. The fourth-order valence-electron chi connectivity index (χ4n) is 3.62. The van der Waals surface area contributed by atoms with Crippen LogP contribution in [-0.4, -0.2) is 36.1 Å². The predicted octanol–water partition coefficient (Wildman–Crippen LogP) is 4.15. The van der Waals surface area contributed by atoms with Gasteiger partial charge in [0.2, 0.25) is 0 Å². The Morgan fingerprint density at radius 2 is 1.50 bits per heavy atom. The van der Waals surface area contributed by atoms with Crippen LogP contribution in [0.25, 0.3) is 0 Å². The molecule has 1 fully saturated rings. The van der Waals surface area contributed by atoms with Crippen molar-refractivity contribution in [3.63, 3.8) is 0 Å². The Morgan fingerprint density at radius 1 is 1.00 bits per heavy atom. The van der Waals surface area contributed by atoms with Gasteiger partial charge in [0.05, 0.1) is 0 Å². The fourth-order valence-corrected chi connectivity index (χ4v) is 10.4. The van der Waals surface area contributed by atoms with Crippen molar-refractivity contribution in [1.82, 2.24) is 4.90 Å². The molecule has 1 saturated carbocycles. The van der Waals surface area contributed by atoms with E-state index in [-0.39, 0.29) is 0 Å². The molecule has 0 radical (unpaired) electrons. The topological polar surface area (TPSA) is 3.24 Å². The van der Waals surface area contributed by atoms with E-state index in [1.807, 2.05) is 0 Å². The maximum absolute atomic E-state index is 2.77. The van der Waals surface area contributed by atoms with Crippen molar-refractivity contribution in [2.24, 2.45) is 5.92 Å². The normalized spacial score (nSPS) is 21.4. The molecule has 0 bridgehead atoms. The van der Waals surface area contributed by atoms with Gasteiger partial charge in [0.15, 0.2) is 0 Å². The molecule has 1 atom stereocenters. The zero-order valence-corrected chi connectivity index (χ0v) is 14.1. The van der Waals surface area contributed by atoms with Crippen molar-refractivity contribution in [3.05, 3.63) is 0 Å². The monoisotopic (exact) mass is 287 g/mol. The first-order valence-corrected chi connectivity index (χ1v) is 14.7. The minimum absolute atomic E-state index is 0.968. The van der Waals surface area contributed by atoms with Gasteiger partial charge in [-0.25, -0.2) is 0 Å². The second-order valence-corrected chi connectivity index (χ2v) is 17.6. The van der Waals surface area contributed by atoms with Crippen molar-refractivity contribution in [2.75, 3.05) is 13.1 Å². The Bertz CT molecular complexity index is 187. The molecule has 96 valence electrons. The van der Waals surface area contributed by atoms with Gasteiger partial charge in [0.1, 0.15) is 0 Å². The molecule has 0 heterocycles. The first-order chi connectivity index (χ1) is 7.50. The molecule has 0 aromatic rings. The molecular formula is C14H31GeN. The van der Waals surface area contributed by atoms with E-state index in [0.717, 1.165) is 10.8 Å². The van der Waals surface area contributed by atoms with Crippen molar-refractivity contribution >= 4 is 13.3 Å². The van der Waals surface area contributed by atoms with Crippen LogP contribution < -0.4 is 0 Å². The second-order valence-electron chi connectivity index (χ2n) is 6.43. The van der Waals surface area contributed by atoms with Gasteiger partial charge in [-0.3, -0.25) is 0 Å². The molecule has 0 N–H and O–H groups in total. The molecule has 1 aliphatic carbocycles. The number of hydrogen-bond donors (Lipinski definition) is 0. The van der Waals surface area contributed by atoms with Gasteiger partial charge in [0, 0.05) is 0 Å². The standard InChI is InChI=1S/C14H31GeN/c1-6-16(7-2)14(15(3,4)5)13-11-9-8-10-12-13/h13-14H,6-12H2,1-5H3. The SMILES string of the molecule is CCN(CC)[CH](C1CCCCC1)[Ge]([CH3])([CH3])[CH3]. The molecular weight excluding hydrogens is 255 g/mol. The summed E-state index contributed by atoms with van der Waals surface area (Å²) in [5.74, 6) is 8.85. The number of hydrogen-bond acceptors (Lipinski definition) is 1. The average molecular weight is 286 g/mol. The van der Waals surface area contributed by atoms with Gasteiger partial charge in [-0.2, -0.15) is 0 Å². The van der Waals surface area contributed by atoms with Gasteiger partial charge >= 0.3 is 105 Å². The van der Waals surface area contributed by atoms with E-state index in [9.17, 15) is 0 Å². The minimum atomic E-state index is -1.57. The van der Waals surface area contributed by atoms with Crippen LogP contribution in [0, 0.1) is 5.92 Å². The quantitative estimate of drug-likeness (QED) is 0.686. The van der Waals surface area contributed by atoms with Gasteiger partial charge in [-0.05, 0) is 0 Å². The van der Waals surface area contributed by atoms with Crippen molar-refractivity contribution in [1.29, 1.82) is 0 Å².